The van der Waals surface area contributed by atoms with Gasteiger partial charge >= 0.3 is 11.9 Å². The number of carbonyl (C=O) groups excluding carboxylic acids is 1. The van der Waals surface area contributed by atoms with Crippen molar-refractivity contribution >= 4 is 28.4 Å². The third-order valence-electron chi connectivity index (χ3n) is 9.32. The van der Waals surface area contributed by atoms with E-state index >= 15 is 0 Å². The average Bonchev–Trinajstić information content (AvgIpc) is 3.98. The molecule has 0 radical (unpaired) electrons. The number of nitrogen functional groups attached to an aromatic ring is 1. The van der Waals surface area contributed by atoms with Crippen LogP contribution in [0.5, 0.6) is 0 Å². The molecule has 4 aromatic rings. The van der Waals surface area contributed by atoms with Crippen LogP contribution in [-0.4, -0.2) is 60.5 Å². The minimum atomic E-state index is -4.78. The lowest BCUT2D eigenvalue weighted by atomic mass is 9.98. The predicted molar refractivity (Wildman–Crippen MR) is 172 cm³/mol. The third kappa shape index (κ3) is 5.32. The van der Waals surface area contributed by atoms with Crippen molar-refractivity contribution in [3.05, 3.63) is 76.2 Å². The minimum absolute atomic E-state index is 0.0256. The summed E-state index contributed by atoms with van der Waals surface area (Å²) < 4.78 is 44.4. The normalized spacial score (nSPS) is 19.8. The molecule has 48 heavy (non-hydrogen) atoms. The number of alkyl halides is 3. The van der Waals surface area contributed by atoms with Crippen LogP contribution in [0, 0.1) is 11.3 Å². The maximum Gasteiger partial charge on any atom is 0.417 e. The number of rotatable bonds is 6. The molecule has 0 spiro atoms. The molecule has 2 aliphatic carbocycles. The SMILES string of the molecule is C=CC(=O)N1C[C@H](C)N(c2nc(=O)n(-c3c(C4CC4)ncnc3C3CC3)c3nc(-c4cc(N)ccc4C(F)(F)F)c(C#N)cc23)C[C@H]1C. The number of fused-ring (bicyclic) bond motifs is 1. The van der Waals surface area contributed by atoms with E-state index in [1.807, 2.05) is 24.8 Å². The van der Waals surface area contributed by atoms with E-state index in [9.17, 15) is 28.0 Å². The number of benzene rings is 1. The third-order valence-corrected chi connectivity index (χ3v) is 9.32. The lowest BCUT2D eigenvalue weighted by Crippen LogP contribution is -2.58. The van der Waals surface area contributed by atoms with Crippen LogP contribution in [0.25, 0.3) is 28.0 Å². The quantitative estimate of drug-likeness (QED) is 0.222. The smallest absolute Gasteiger partial charge is 0.399 e. The van der Waals surface area contributed by atoms with Crippen molar-refractivity contribution in [3.63, 3.8) is 0 Å². The fourth-order valence-electron chi connectivity index (χ4n) is 6.64. The van der Waals surface area contributed by atoms with Gasteiger partial charge in [0, 0.05) is 48.3 Å². The molecule has 1 saturated heterocycles. The maximum atomic E-state index is 14.4. The molecule has 3 aliphatic rings. The first-order valence-corrected chi connectivity index (χ1v) is 15.8. The zero-order chi connectivity index (χ0) is 34.1. The largest absolute Gasteiger partial charge is 0.417 e. The van der Waals surface area contributed by atoms with Crippen LogP contribution < -0.4 is 16.3 Å². The Morgan fingerprint density at radius 3 is 2.29 bits per heavy atom. The predicted octanol–water partition coefficient (Wildman–Crippen LogP) is 5.08. The van der Waals surface area contributed by atoms with E-state index in [0.29, 0.717) is 35.6 Å². The Kier molecular flexibility index (Phi) is 7.45. The molecule has 11 nitrogen and oxygen atoms in total. The summed E-state index contributed by atoms with van der Waals surface area (Å²) in [5, 5.41) is 10.6. The molecule has 1 amide bonds. The van der Waals surface area contributed by atoms with Gasteiger partial charge in [-0.05, 0) is 69.9 Å². The van der Waals surface area contributed by atoms with Crippen LogP contribution in [0.3, 0.4) is 0 Å². The highest BCUT2D eigenvalue weighted by Gasteiger charge is 2.39. The van der Waals surface area contributed by atoms with E-state index in [0.717, 1.165) is 43.9 Å². The van der Waals surface area contributed by atoms with E-state index in [1.165, 1.54) is 23.0 Å². The van der Waals surface area contributed by atoms with Crippen molar-refractivity contribution in [2.45, 2.75) is 69.6 Å². The van der Waals surface area contributed by atoms with Gasteiger partial charge in [0.1, 0.15) is 18.2 Å². The molecule has 3 fully saturated rings. The molecule has 2 N–H and O–H groups in total. The number of nitrogens with zero attached hydrogens (tertiary/aromatic N) is 8. The summed E-state index contributed by atoms with van der Waals surface area (Å²) in [7, 11) is 0. The Morgan fingerprint density at radius 1 is 1.04 bits per heavy atom. The van der Waals surface area contributed by atoms with Gasteiger partial charge in [-0.2, -0.15) is 23.4 Å². The van der Waals surface area contributed by atoms with Crippen molar-refractivity contribution in [2.24, 2.45) is 0 Å². The summed E-state index contributed by atoms with van der Waals surface area (Å²) >= 11 is 0. The molecule has 2 saturated carbocycles. The van der Waals surface area contributed by atoms with Crippen LogP contribution in [0.4, 0.5) is 24.7 Å². The molecule has 0 unspecified atom stereocenters. The van der Waals surface area contributed by atoms with Gasteiger partial charge in [0.2, 0.25) is 5.91 Å². The first-order chi connectivity index (χ1) is 22.9. The number of hydrogen-bond acceptors (Lipinski definition) is 9. The molecule has 4 heterocycles. The Hall–Kier alpha value is -5.32. The number of halogens is 3. The number of anilines is 2. The fraction of sp³-hybridized carbons (Fsp3) is 0.382. The summed E-state index contributed by atoms with van der Waals surface area (Å²) in [6.45, 7) is 7.94. The molecular formula is C34H32F3N9O2. The van der Waals surface area contributed by atoms with Crippen molar-refractivity contribution in [2.75, 3.05) is 23.7 Å². The Morgan fingerprint density at radius 2 is 1.71 bits per heavy atom. The first-order valence-electron chi connectivity index (χ1n) is 15.8. The van der Waals surface area contributed by atoms with Crippen molar-refractivity contribution in [3.8, 4) is 23.0 Å². The molecule has 2 atom stereocenters. The molecular weight excluding hydrogens is 623 g/mol. The highest BCUT2D eigenvalue weighted by atomic mass is 19.4. The van der Waals surface area contributed by atoms with Gasteiger partial charge in [0.05, 0.1) is 39.3 Å². The maximum absolute atomic E-state index is 14.4. The molecule has 3 aromatic heterocycles. The molecule has 246 valence electrons. The number of nitriles is 1. The number of hydrogen-bond donors (Lipinski definition) is 1. The van der Waals surface area contributed by atoms with E-state index in [-0.39, 0.29) is 63.8 Å². The van der Waals surface area contributed by atoms with E-state index in [4.69, 9.17) is 10.7 Å². The molecule has 0 bridgehead atoms. The highest BCUT2D eigenvalue weighted by Crippen LogP contribution is 2.48. The molecule has 1 aliphatic heterocycles. The van der Waals surface area contributed by atoms with Crippen LogP contribution >= 0.6 is 0 Å². The highest BCUT2D eigenvalue weighted by molar-refractivity contribution is 5.93. The summed E-state index contributed by atoms with van der Waals surface area (Å²) in [5.41, 5.74) is 5.30. The van der Waals surface area contributed by atoms with Gasteiger partial charge in [0.15, 0.2) is 5.65 Å². The van der Waals surface area contributed by atoms with Crippen molar-refractivity contribution < 1.29 is 18.0 Å². The van der Waals surface area contributed by atoms with Gasteiger partial charge in [0.25, 0.3) is 0 Å². The second kappa shape index (κ2) is 11.4. The summed E-state index contributed by atoms with van der Waals surface area (Å²) in [6, 6.07) is 5.99. The van der Waals surface area contributed by atoms with Gasteiger partial charge < -0.3 is 15.5 Å². The van der Waals surface area contributed by atoms with Crippen molar-refractivity contribution in [1.29, 1.82) is 5.26 Å². The van der Waals surface area contributed by atoms with Gasteiger partial charge in [-0.3, -0.25) is 4.79 Å². The average molecular weight is 656 g/mol. The molecule has 1 aromatic carbocycles. The summed E-state index contributed by atoms with van der Waals surface area (Å²) in [5.74, 6) is 0.157. The minimum Gasteiger partial charge on any atom is -0.399 e. The monoisotopic (exact) mass is 655 g/mol. The van der Waals surface area contributed by atoms with Crippen molar-refractivity contribution in [1.82, 2.24) is 29.4 Å². The van der Waals surface area contributed by atoms with Crippen LogP contribution in [0.15, 0.2) is 48.0 Å². The standard InChI is InChI=1S/C34H32F3N9O2/c1-4-26(47)44-14-18(3)45(15-17(44)2)31-24-11-21(13-38)27(23-12-22(39)9-10-25(23)34(35,36)37)42-32(24)46(33(48)43-31)30-28(19-5-6-19)40-16-41-29(30)20-7-8-20/h4,9-12,16-20H,1,5-8,14-15,39H2,2-3H3/t17-,18+/m1/s1. The summed E-state index contributed by atoms with van der Waals surface area (Å²) in [4.78, 5) is 49.0. The van der Waals surface area contributed by atoms with Crippen LogP contribution in [0.1, 0.15) is 73.9 Å². The van der Waals surface area contributed by atoms with Crippen LogP contribution in [0.2, 0.25) is 0 Å². The van der Waals surface area contributed by atoms with E-state index in [1.54, 1.807) is 4.90 Å². The van der Waals surface area contributed by atoms with Gasteiger partial charge in [-0.15, -0.1) is 0 Å². The zero-order valence-electron chi connectivity index (χ0n) is 26.3. The number of aromatic nitrogens is 5. The summed E-state index contributed by atoms with van der Waals surface area (Å²) in [6.07, 6.45) is 1.42. The Balaban J connectivity index is 1.55. The first kappa shape index (κ1) is 31.3. The topological polar surface area (TPSA) is 147 Å². The molecule has 14 heteroatoms. The second-order valence-electron chi connectivity index (χ2n) is 12.8. The number of piperazine rings is 1. The number of nitrogens with two attached hydrogens (primary N) is 1. The number of carbonyl (C=O) groups is 1. The number of amides is 1. The van der Waals surface area contributed by atoms with Gasteiger partial charge in [-0.1, -0.05) is 6.58 Å². The van der Waals surface area contributed by atoms with E-state index < -0.39 is 17.4 Å². The van der Waals surface area contributed by atoms with Gasteiger partial charge in [-0.25, -0.2) is 24.3 Å². The van der Waals surface area contributed by atoms with Crippen LogP contribution in [-0.2, 0) is 11.0 Å². The molecule has 7 rings (SSSR count). The number of pyridine rings is 1. The zero-order valence-corrected chi connectivity index (χ0v) is 26.3. The Bertz CT molecular complexity index is 2070. The lowest BCUT2D eigenvalue weighted by molar-refractivity contribution is -0.137. The Labute approximate surface area is 273 Å². The second-order valence-corrected chi connectivity index (χ2v) is 12.8. The van der Waals surface area contributed by atoms with E-state index in [2.05, 4.69) is 21.5 Å². The fourth-order valence-corrected chi connectivity index (χ4v) is 6.64. The lowest BCUT2D eigenvalue weighted by Gasteiger charge is -2.44.